The van der Waals surface area contributed by atoms with Gasteiger partial charge < -0.3 is 5.32 Å². The van der Waals surface area contributed by atoms with Crippen LogP contribution < -0.4 is 5.32 Å². The minimum Gasteiger partial charge on any atom is -0.344 e. The minimum atomic E-state index is -0.601. The molecule has 0 fully saturated rings. The zero-order valence-electron chi connectivity index (χ0n) is 12.1. The summed E-state index contributed by atoms with van der Waals surface area (Å²) >= 11 is 7.31. The van der Waals surface area contributed by atoms with Gasteiger partial charge in [0.2, 0.25) is 0 Å². The summed E-state index contributed by atoms with van der Waals surface area (Å²) in [6.45, 7) is 3.97. The van der Waals surface area contributed by atoms with Crippen LogP contribution in [-0.2, 0) is 0 Å². The van der Waals surface area contributed by atoms with Crippen molar-refractivity contribution in [3.05, 3.63) is 61.3 Å². The minimum absolute atomic E-state index is 0.0107. The molecule has 0 aliphatic heterocycles. The maximum Gasteiger partial charge on any atom is 0.283 e. The van der Waals surface area contributed by atoms with Gasteiger partial charge in [0.1, 0.15) is 5.56 Å². The van der Waals surface area contributed by atoms with Gasteiger partial charge in [0.15, 0.2) is 0 Å². The van der Waals surface area contributed by atoms with Crippen LogP contribution in [0.3, 0.4) is 0 Å². The molecule has 0 saturated carbocycles. The first-order valence-electron chi connectivity index (χ1n) is 6.68. The normalized spacial score (nSPS) is 12.2. The molecule has 1 aromatic carbocycles. The first-order valence-corrected chi connectivity index (χ1v) is 7.94. The Bertz CT molecular complexity index is 686. The van der Waals surface area contributed by atoms with E-state index in [0.29, 0.717) is 0 Å². The predicted octanol–water partition coefficient (Wildman–Crippen LogP) is 4.44. The third-order valence-corrected chi connectivity index (χ3v) is 4.39. The van der Waals surface area contributed by atoms with Crippen LogP contribution in [0.5, 0.6) is 0 Å². The van der Waals surface area contributed by atoms with E-state index in [2.05, 4.69) is 5.32 Å². The number of nitro benzene ring substituents is 1. The second kappa shape index (κ2) is 6.89. The molecule has 0 spiro atoms. The number of nitrogens with one attached hydrogen (secondary N) is 1. The molecular formula is C15H15ClN2O3S. The Balaban J connectivity index is 2.30. The Kier molecular flexibility index (Phi) is 5.15. The van der Waals surface area contributed by atoms with Crippen molar-refractivity contribution >= 4 is 34.5 Å². The second-order valence-electron chi connectivity index (χ2n) is 5.13. The molecular weight excluding hydrogens is 324 g/mol. The Morgan fingerprint density at radius 3 is 2.64 bits per heavy atom. The van der Waals surface area contributed by atoms with E-state index in [1.54, 1.807) is 0 Å². The van der Waals surface area contributed by atoms with E-state index in [0.717, 1.165) is 4.88 Å². The summed E-state index contributed by atoms with van der Waals surface area (Å²) in [4.78, 5) is 23.9. The first kappa shape index (κ1) is 16.5. The average Bonchev–Trinajstić information content (AvgIpc) is 2.97. The predicted molar refractivity (Wildman–Crippen MR) is 87.5 cm³/mol. The van der Waals surface area contributed by atoms with Crippen LogP contribution in [0.25, 0.3) is 0 Å². The number of amides is 1. The van der Waals surface area contributed by atoms with E-state index in [-0.39, 0.29) is 28.2 Å². The lowest BCUT2D eigenvalue weighted by molar-refractivity contribution is -0.385. The molecule has 1 N–H and O–H groups in total. The molecule has 1 atom stereocenters. The number of carbonyl (C=O) groups is 1. The van der Waals surface area contributed by atoms with Crippen molar-refractivity contribution in [2.45, 2.75) is 19.9 Å². The van der Waals surface area contributed by atoms with Crippen molar-refractivity contribution in [3.8, 4) is 0 Å². The molecule has 0 aliphatic rings. The summed E-state index contributed by atoms with van der Waals surface area (Å²) in [6, 6.07) is 7.69. The molecule has 5 nitrogen and oxygen atoms in total. The van der Waals surface area contributed by atoms with Gasteiger partial charge in [-0.05, 0) is 29.5 Å². The lowest BCUT2D eigenvalue weighted by atomic mass is 10.0. The standard InChI is InChI=1S/C15H15ClN2O3S/c1-9(2)14(13-4-3-7-22-13)17-15(19)11-6-5-10(16)8-12(11)18(20)21/h3-9,14H,1-2H3,(H,17,19)/t14-/m1/s1. The van der Waals surface area contributed by atoms with E-state index in [4.69, 9.17) is 11.6 Å². The molecule has 0 bridgehead atoms. The van der Waals surface area contributed by atoms with E-state index in [9.17, 15) is 14.9 Å². The molecule has 0 unspecified atom stereocenters. The molecule has 0 saturated heterocycles. The number of hydrogen-bond donors (Lipinski definition) is 1. The molecule has 1 amide bonds. The molecule has 0 radical (unpaired) electrons. The SMILES string of the molecule is CC(C)[C@@H](NC(=O)c1ccc(Cl)cc1[N+](=O)[O-])c1cccs1. The molecule has 1 heterocycles. The van der Waals surface area contributed by atoms with E-state index >= 15 is 0 Å². The highest BCUT2D eigenvalue weighted by atomic mass is 35.5. The van der Waals surface area contributed by atoms with Crippen molar-refractivity contribution in [3.63, 3.8) is 0 Å². The van der Waals surface area contributed by atoms with Crippen molar-refractivity contribution in [2.24, 2.45) is 5.92 Å². The van der Waals surface area contributed by atoms with Crippen LogP contribution in [0.2, 0.25) is 5.02 Å². The third-order valence-electron chi connectivity index (χ3n) is 3.20. The fraction of sp³-hybridized carbons (Fsp3) is 0.267. The average molecular weight is 339 g/mol. The molecule has 2 aromatic rings. The van der Waals surface area contributed by atoms with Gasteiger partial charge in [-0.25, -0.2) is 0 Å². The topological polar surface area (TPSA) is 72.2 Å². The van der Waals surface area contributed by atoms with Gasteiger partial charge in [0, 0.05) is 16.0 Å². The van der Waals surface area contributed by atoms with E-state index in [1.807, 2.05) is 31.4 Å². The van der Waals surface area contributed by atoms with Crippen LogP contribution in [0.15, 0.2) is 35.7 Å². The fourth-order valence-corrected chi connectivity index (χ4v) is 3.22. The summed E-state index contributed by atoms with van der Waals surface area (Å²) in [5.41, 5.74) is -0.282. The van der Waals surface area contributed by atoms with Gasteiger partial charge in [-0.1, -0.05) is 31.5 Å². The van der Waals surface area contributed by atoms with Gasteiger partial charge in [-0.3, -0.25) is 14.9 Å². The molecule has 7 heteroatoms. The van der Waals surface area contributed by atoms with E-state index < -0.39 is 10.8 Å². The number of carbonyl (C=O) groups excluding carboxylic acids is 1. The van der Waals surface area contributed by atoms with E-state index in [1.165, 1.54) is 29.5 Å². The van der Waals surface area contributed by atoms with Crippen molar-refractivity contribution < 1.29 is 9.72 Å². The molecule has 0 aliphatic carbocycles. The largest absolute Gasteiger partial charge is 0.344 e. The first-order chi connectivity index (χ1) is 10.4. The lowest BCUT2D eigenvalue weighted by Crippen LogP contribution is -2.31. The second-order valence-corrected chi connectivity index (χ2v) is 6.54. The fourth-order valence-electron chi connectivity index (χ4n) is 2.10. The van der Waals surface area contributed by atoms with Gasteiger partial charge in [0.25, 0.3) is 11.6 Å². The van der Waals surface area contributed by atoms with Gasteiger partial charge in [-0.2, -0.15) is 0 Å². The Morgan fingerprint density at radius 2 is 2.09 bits per heavy atom. The third kappa shape index (κ3) is 3.64. The lowest BCUT2D eigenvalue weighted by Gasteiger charge is -2.21. The van der Waals surface area contributed by atoms with Crippen molar-refractivity contribution in [1.29, 1.82) is 0 Å². The van der Waals surface area contributed by atoms with Crippen LogP contribution in [0.4, 0.5) is 5.69 Å². The number of benzene rings is 1. The van der Waals surface area contributed by atoms with Gasteiger partial charge >= 0.3 is 0 Å². The Labute approximate surface area is 137 Å². The number of thiophene rings is 1. The molecule has 2 rings (SSSR count). The molecule has 1 aromatic heterocycles. The summed E-state index contributed by atoms with van der Waals surface area (Å²) in [5, 5.41) is 16.1. The highest BCUT2D eigenvalue weighted by Crippen LogP contribution is 2.28. The number of rotatable bonds is 5. The number of nitro groups is 1. The monoisotopic (exact) mass is 338 g/mol. The van der Waals surface area contributed by atoms with Crippen molar-refractivity contribution in [1.82, 2.24) is 5.32 Å². The van der Waals surface area contributed by atoms with Crippen LogP contribution >= 0.6 is 22.9 Å². The maximum absolute atomic E-state index is 12.4. The molecule has 22 heavy (non-hydrogen) atoms. The summed E-state index contributed by atoms with van der Waals surface area (Å²) in [7, 11) is 0. The summed E-state index contributed by atoms with van der Waals surface area (Å²) in [5.74, 6) is -0.315. The number of nitrogens with zero attached hydrogens (tertiary/aromatic N) is 1. The molecule has 116 valence electrons. The maximum atomic E-state index is 12.4. The highest BCUT2D eigenvalue weighted by molar-refractivity contribution is 7.10. The van der Waals surface area contributed by atoms with Gasteiger partial charge in [0.05, 0.1) is 11.0 Å². The smallest absolute Gasteiger partial charge is 0.283 e. The highest BCUT2D eigenvalue weighted by Gasteiger charge is 2.25. The quantitative estimate of drug-likeness (QED) is 0.647. The van der Waals surface area contributed by atoms with Crippen LogP contribution in [0, 0.1) is 16.0 Å². The summed E-state index contributed by atoms with van der Waals surface area (Å²) in [6.07, 6.45) is 0. The van der Waals surface area contributed by atoms with Crippen LogP contribution in [-0.4, -0.2) is 10.8 Å². The van der Waals surface area contributed by atoms with Crippen LogP contribution in [0.1, 0.15) is 35.1 Å². The summed E-state index contributed by atoms with van der Waals surface area (Å²) < 4.78 is 0. The zero-order valence-corrected chi connectivity index (χ0v) is 13.6. The zero-order chi connectivity index (χ0) is 16.3. The Morgan fingerprint density at radius 1 is 1.36 bits per heavy atom. The number of halogens is 1. The Hall–Kier alpha value is -1.92. The van der Waals surface area contributed by atoms with Gasteiger partial charge in [-0.15, -0.1) is 11.3 Å². The van der Waals surface area contributed by atoms with Crippen molar-refractivity contribution in [2.75, 3.05) is 0 Å². The number of hydrogen-bond acceptors (Lipinski definition) is 4.